The van der Waals surface area contributed by atoms with Gasteiger partial charge in [-0.15, -0.1) is 10.2 Å². The van der Waals surface area contributed by atoms with Crippen molar-refractivity contribution in [2.45, 2.75) is 23.1 Å². The first kappa shape index (κ1) is 27.1. The molecule has 4 aromatic rings. The fourth-order valence-electron chi connectivity index (χ4n) is 4.09. The summed E-state index contributed by atoms with van der Waals surface area (Å²) in [5.41, 5.74) is 1.75. The molecule has 0 radical (unpaired) electrons. The highest BCUT2D eigenvalue weighted by molar-refractivity contribution is 8.00. The normalized spacial score (nSPS) is 16.6. The molecule has 1 aliphatic heterocycles. The molecule has 39 heavy (non-hydrogen) atoms. The first-order chi connectivity index (χ1) is 18.9. The molecule has 2 aromatic heterocycles. The van der Waals surface area contributed by atoms with Gasteiger partial charge in [0.1, 0.15) is 11.5 Å². The summed E-state index contributed by atoms with van der Waals surface area (Å²) in [5, 5.41) is 21.0. The first-order valence-electron chi connectivity index (χ1n) is 11.7. The van der Waals surface area contributed by atoms with E-state index in [4.69, 9.17) is 27.9 Å². The maximum absolute atomic E-state index is 13.4. The number of rotatable bonds is 8. The van der Waals surface area contributed by atoms with E-state index < -0.39 is 17.7 Å². The zero-order valence-electron chi connectivity index (χ0n) is 20.4. The zero-order valence-corrected chi connectivity index (χ0v) is 23.5. The molecule has 198 valence electrons. The summed E-state index contributed by atoms with van der Waals surface area (Å²) in [6.45, 7) is 2.30. The largest absolute Gasteiger partial charge is 0.507 e. The number of pyridine rings is 1. The highest BCUT2D eigenvalue weighted by Gasteiger charge is 2.48. The van der Waals surface area contributed by atoms with Gasteiger partial charge in [0.15, 0.2) is 4.34 Å². The number of ether oxygens (including phenoxy) is 1. The summed E-state index contributed by atoms with van der Waals surface area (Å²) < 4.78 is 6.23. The number of aromatic nitrogens is 3. The molecule has 1 amide bonds. The number of carbonyl (C=O) groups is 2. The van der Waals surface area contributed by atoms with Crippen LogP contribution in [0.3, 0.4) is 0 Å². The Morgan fingerprint density at radius 2 is 1.90 bits per heavy atom. The molecule has 1 atom stereocenters. The van der Waals surface area contributed by atoms with E-state index in [1.807, 2.05) is 13.0 Å². The number of ketones is 1. The Morgan fingerprint density at radius 1 is 1.10 bits per heavy atom. The first-order valence-corrected chi connectivity index (χ1v) is 14.3. The van der Waals surface area contributed by atoms with Gasteiger partial charge in [0.05, 0.1) is 18.2 Å². The van der Waals surface area contributed by atoms with E-state index in [9.17, 15) is 14.7 Å². The Hall–Kier alpha value is -3.44. The number of anilines is 1. The second kappa shape index (κ2) is 11.7. The quantitative estimate of drug-likeness (QED) is 0.0799. The molecule has 0 bridgehead atoms. The number of carbonyl (C=O) groups excluding carboxylic acids is 2. The molecule has 1 fully saturated rings. The SMILES string of the molecule is CCOc1cccc(C2/C(=C(\O)c3ccncc3)C(=O)C(=O)N2c2nnc(SCc3ccc(Cl)cc3Cl)s2)c1. The summed E-state index contributed by atoms with van der Waals surface area (Å²) in [7, 11) is 0. The predicted molar refractivity (Wildman–Crippen MR) is 153 cm³/mol. The van der Waals surface area contributed by atoms with Crippen LogP contribution in [0.1, 0.15) is 29.7 Å². The number of benzene rings is 2. The monoisotopic (exact) mass is 598 g/mol. The minimum atomic E-state index is -0.949. The Kier molecular flexibility index (Phi) is 8.18. The third-order valence-electron chi connectivity index (χ3n) is 5.85. The van der Waals surface area contributed by atoms with E-state index in [-0.39, 0.29) is 16.5 Å². The summed E-state index contributed by atoms with van der Waals surface area (Å²) >= 11 is 14.8. The van der Waals surface area contributed by atoms with Crippen LogP contribution in [0.4, 0.5) is 5.13 Å². The molecule has 0 spiro atoms. The highest BCUT2D eigenvalue weighted by atomic mass is 35.5. The van der Waals surface area contributed by atoms with Crippen molar-refractivity contribution >= 4 is 68.9 Å². The van der Waals surface area contributed by atoms with Gasteiger partial charge in [0.2, 0.25) is 5.13 Å². The van der Waals surface area contributed by atoms with Gasteiger partial charge in [0.25, 0.3) is 5.78 Å². The van der Waals surface area contributed by atoms with Crippen molar-refractivity contribution in [1.29, 1.82) is 0 Å². The van der Waals surface area contributed by atoms with Crippen LogP contribution in [0.2, 0.25) is 10.0 Å². The number of aliphatic hydroxyl groups excluding tert-OH is 1. The Balaban J connectivity index is 1.54. The fourth-order valence-corrected chi connectivity index (χ4v) is 6.51. The lowest BCUT2D eigenvalue weighted by molar-refractivity contribution is -0.132. The lowest BCUT2D eigenvalue weighted by Gasteiger charge is -2.23. The second-order valence-corrected chi connectivity index (χ2v) is 11.3. The smallest absolute Gasteiger partial charge is 0.301 e. The van der Waals surface area contributed by atoms with Crippen LogP contribution in [0.25, 0.3) is 5.76 Å². The maximum atomic E-state index is 13.4. The van der Waals surface area contributed by atoms with E-state index >= 15 is 0 Å². The van der Waals surface area contributed by atoms with Crippen LogP contribution in [-0.4, -0.2) is 38.6 Å². The third kappa shape index (κ3) is 5.65. The number of aliphatic hydroxyl groups is 1. The van der Waals surface area contributed by atoms with Crippen molar-refractivity contribution in [3.8, 4) is 5.75 Å². The Bertz CT molecular complexity index is 1580. The highest BCUT2D eigenvalue weighted by Crippen LogP contribution is 2.44. The number of hydrogen-bond donors (Lipinski definition) is 1. The number of Topliss-reactive ketones (excluding diaryl/α,β-unsaturated/α-hetero) is 1. The van der Waals surface area contributed by atoms with Crippen molar-refractivity contribution in [3.05, 3.63) is 99.3 Å². The predicted octanol–water partition coefficient (Wildman–Crippen LogP) is 6.56. The lowest BCUT2D eigenvalue weighted by Crippen LogP contribution is -2.29. The molecule has 8 nitrogen and oxygen atoms in total. The topological polar surface area (TPSA) is 106 Å². The third-order valence-corrected chi connectivity index (χ3v) is 8.54. The van der Waals surface area contributed by atoms with Gasteiger partial charge in [-0.1, -0.05) is 64.5 Å². The molecule has 5 rings (SSSR count). The Morgan fingerprint density at radius 3 is 2.64 bits per heavy atom. The van der Waals surface area contributed by atoms with Crippen molar-refractivity contribution in [2.75, 3.05) is 11.5 Å². The van der Waals surface area contributed by atoms with Gasteiger partial charge in [0, 0.05) is 33.8 Å². The molecule has 12 heteroatoms. The molecule has 1 saturated heterocycles. The van der Waals surface area contributed by atoms with Crippen LogP contribution < -0.4 is 9.64 Å². The van der Waals surface area contributed by atoms with E-state index in [1.165, 1.54) is 40.4 Å². The average Bonchev–Trinajstić information content (AvgIpc) is 3.50. The van der Waals surface area contributed by atoms with Crippen molar-refractivity contribution in [3.63, 3.8) is 0 Å². The van der Waals surface area contributed by atoms with E-state index in [0.29, 0.717) is 43.6 Å². The van der Waals surface area contributed by atoms with Crippen molar-refractivity contribution in [1.82, 2.24) is 15.2 Å². The number of nitrogens with zero attached hydrogens (tertiary/aromatic N) is 4. The number of hydrogen-bond acceptors (Lipinski definition) is 9. The van der Waals surface area contributed by atoms with Crippen molar-refractivity contribution < 1.29 is 19.4 Å². The molecular formula is C27H20Cl2N4O4S2. The van der Waals surface area contributed by atoms with E-state index in [1.54, 1.807) is 48.5 Å². The van der Waals surface area contributed by atoms with Crippen LogP contribution in [0.5, 0.6) is 5.75 Å². The minimum Gasteiger partial charge on any atom is -0.507 e. The molecule has 0 saturated carbocycles. The zero-order chi connectivity index (χ0) is 27.5. The molecule has 3 heterocycles. The second-order valence-electron chi connectivity index (χ2n) is 8.29. The van der Waals surface area contributed by atoms with Gasteiger partial charge in [-0.05, 0) is 54.4 Å². The molecule has 0 aliphatic carbocycles. The summed E-state index contributed by atoms with van der Waals surface area (Å²) in [6, 6.07) is 14.5. The lowest BCUT2D eigenvalue weighted by atomic mass is 9.95. The molecule has 1 aliphatic rings. The maximum Gasteiger partial charge on any atom is 0.301 e. The number of amides is 1. The molecule has 1 N–H and O–H groups in total. The standard InChI is InChI=1S/C27H20Cl2N4O4S2/c1-2-37-19-5-3-4-16(12-19)22-21(23(34)15-8-10-30-11-9-15)24(35)25(36)33(22)26-31-32-27(39-26)38-14-17-6-7-18(28)13-20(17)29/h3-13,22,34H,2,14H2,1H3/b23-21+. The van der Waals surface area contributed by atoms with Crippen LogP contribution >= 0.6 is 46.3 Å². The molecule has 1 unspecified atom stereocenters. The average molecular weight is 600 g/mol. The van der Waals surface area contributed by atoms with Gasteiger partial charge >= 0.3 is 5.91 Å². The minimum absolute atomic E-state index is 0.0582. The van der Waals surface area contributed by atoms with Gasteiger partial charge in [-0.25, -0.2) is 0 Å². The molecular weight excluding hydrogens is 579 g/mol. The van der Waals surface area contributed by atoms with Crippen molar-refractivity contribution in [2.24, 2.45) is 0 Å². The number of thioether (sulfide) groups is 1. The van der Waals surface area contributed by atoms with Gasteiger partial charge < -0.3 is 9.84 Å². The van der Waals surface area contributed by atoms with Crippen LogP contribution in [0, 0.1) is 0 Å². The summed E-state index contributed by atoms with van der Waals surface area (Å²) in [6.07, 6.45) is 2.99. The van der Waals surface area contributed by atoms with E-state index in [2.05, 4.69) is 15.2 Å². The molecule has 2 aromatic carbocycles. The number of halogens is 2. The van der Waals surface area contributed by atoms with Crippen LogP contribution in [0.15, 0.2) is 76.9 Å². The summed E-state index contributed by atoms with van der Waals surface area (Å²) in [5.74, 6) is -0.871. The summed E-state index contributed by atoms with van der Waals surface area (Å²) in [4.78, 5) is 32.0. The van der Waals surface area contributed by atoms with Crippen LogP contribution in [-0.2, 0) is 15.3 Å². The fraction of sp³-hybridized carbons (Fsp3) is 0.148. The van der Waals surface area contributed by atoms with Gasteiger partial charge in [-0.3, -0.25) is 19.5 Å². The van der Waals surface area contributed by atoms with Gasteiger partial charge in [-0.2, -0.15) is 0 Å². The van der Waals surface area contributed by atoms with E-state index in [0.717, 1.165) is 5.56 Å². The Labute approximate surface area is 242 Å².